The summed E-state index contributed by atoms with van der Waals surface area (Å²) in [4.78, 5) is 0. The summed E-state index contributed by atoms with van der Waals surface area (Å²) in [6, 6.07) is 2.84. The van der Waals surface area contributed by atoms with E-state index in [0.29, 0.717) is 0 Å². The lowest BCUT2D eigenvalue weighted by Crippen LogP contribution is -2.67. The van der Waals surface area contributed by atoms with Crippen molar-refractivity contribution in [1.29, 1.82) is 0 Å². The SMILES string of the molecule is Cc1ccc(CCC23CCC(O)(CC2)C(F)(F)C3F)c(F)c1F. The first-order valence-corrected chi connectivity index (χ1v) is 7.81. The monoisotopic (exact) mass is 334 g/mol. The second-order valence-corrected chi connectivity index (χ2v) is 7.05. The molecule has 1 N–H and O–H groups in total. The van der Waals surface area contributed by atoms with Gasteiger partial charge in [0.25, 0.3) is 0 Å². The van der Waals surface area contributed by atoms with Crippen LogP contribution in [0.3, 0.4) is 0 Å². The van der Waals surface area contributed by atoms with E-state index in [-0.39, 0.29) is 49.7 Å². The van der Waals surface area contributed by atoms with E-state index in [1.165, 1.54) is 19.1 Å². The van der Waals surface area contributed by atoms with Gasteiger partial charge in [0.15, 0.2) is 17.8 Å². The van der Waals surface area contributed by atoms with Crippen molar-refractivity contribution >= 4 is 0 Å². The first kappa shape index (κ1) is 16.7. The molecule has 0 spiro atoms. The van der Waals surface area contributed by atoms with Gasteiger partial charge in [-0.2, -0.15) is 0 Å². The van der Waals surface area contributed by atoms with Crippen LogP contribution < -0.4 is 0 Å². The molecule has 0 heterocycles. The zero-order chi connectivity index (χ0) is 17.0. The molecule has 0 amide bonds. The van der Waals surface area contributed by atoms with Crippen molar-refractivity contribution in [3.8, 4) is 0 Å². The van der Waals surface area contributed by atoms with Crippen LogP contribution in [0.2, 0.25) is 0 Å². The highest BCUT2D eigenvalue weighted by molar-refractivity contribution is 5.26. The Morgan fingerprint density at radius 2 is 1.70 bits per heavy atom. The molecular weight excluding hydrogens is 315 g/mol. The summed E-state index contributed by atoms with van der Waals surface area (Å²) in [5.41, 5.74) is -3.30. The van der Waals surface area contributed by atoms with Crippen molar-refractivity contribution in [3.63, 3.8) is 0 Å². The summed E-state index contributed by atoms with van der Waals surface area (Å²) < 4.78 is 70.1. The number of hydrogen-bond acceptors (Lipinski definition) is 1. The van der Waals surface area contributed by atoms with Crippen LogP contribution in [-0.4, -0.2) is 22.8 Å². The fraction of sp³-hybridized carbons (Fsp3) is 0.647. The van der Waals surface area contributed by atoms with Gasteiger partial charge in [-0.1, -0.05) is 12.1 Å². The minimum atomic E-state index is -3.79. The van der Waals surface area contributed by atoms with Gasteiger partial charge in [0.1, 0.15) is 5.60 Å². The second-order valence-electron chi connectivity index (χ2n) is 7.05. The molecule has 6 heteroatoms. The van der Waals surface area contributed by atoms with E-state index in [1.807, 2.05) is 0 Å². The van der Waals surface area contributed by atoms with Crippen LogP contribution in [0.5, 0.6) is 0 Å². The zero-order valence-electron chi connectivity index (χ0n) is 12.8. The Morgan fingerprint density at radius 3 is 2.30 bits per heavy atom. The van der Waals surface area contributed by atoms with Crippen molar-refractivity contribution in [3.05, 3.63) is 34.9 Å². The Bertz CT molecular complexity index is 620. The average Bonchev–Trinajstić information content (AvgIpc) is 2.52. The summed E-state index contributed by atoms with van der Waals surface area (Å²) in [5.74, 6) is -5.74. The molecule has 0 aliphatic heterocycles. The van der Waals surface area contributed by atoms with Crippen LogP contribution in [0.1, 0.15) is 43.2 Å². The first-order valence-electron chi connectivity index (χ1n) is 7.81. The molecule has 0 radical (unpaired) electrons. The maximum atomic E-state index is 14.4. The smallest absolute Gasteiger partial charge is 0.307 e. The second kappa shape index (κ2) is 5.16. The van der Waals surface area contributed by atoms with Crippen LogP contribution >= 0.6 is 0 Å². The molecule has 1 unspecified atom stereocenters. The maximum Gasteiger partial charge on any atom is 0.307 e. The summed E-state index contributed by atoms with van der Waals surface area (Å²) >= 11 is 0. The lowest BCUT2D eigenvalue weighted by molar-refractivity contribution is -0.298. The van der Waals surface area contributed by atoms with E-state index in [9.17, 15) is 27.1 Å². The molecule has 1 nitrogen and oxygen atoms in total. The summed E-state index contributed by atoms with van der Waals surface area (Å²) in [7, 11) is 0. The van der Waals surface area contributed by atoms with E-state index in [4.69, 9.17) is 0 Å². The molecule has 128 valence electrons. The highest BCUT2D eigenvalue weighted by Gasteiger charge is 2.71. The largest absolute Gasteiger partial charge is 0.383 e. The predicted octanol–water partition coefficient (Wildman–Crippen LogP) is 4.48. The number of alkyl halides is 3. The summed E-state index contributed by atoms with van der Waals surface area (Å²) in [6.07, 6.45) is -2.50. The first-order chi connectivity index (χ1) is 10.6. The lowest BCUT2D eigenvalue weighted by Gasteiger charge is -2.57. The minimum Gasteiger partial charge on any atom is -0.383 e. The lowest BCUT2D eigenvalue weighted by atomic mass is 9.54. The fourth-order valence-electron chi connectivity index (χ4n) is 4.01. The van der Waals surface area contributed by atoms with Crippen molar-refractivity contribution in [2.45, 2.75) is 63.1 Å². The highest BCUT2D eigenvalue weighted by atomic mass is 19.3. The Hall–Kier alpha value is -1.17. The molecule has 3 aliphatic rings. The van der Waals surface area contributed by atoms with Gasteiger partial charge in [0.2, 0.25) is 0 Å². The predicted molar refractivity (Wildman–Crippen MR) is 75.1 cm³/mol. The molecule has 3 aliphatic carbocycles. The van der Waals surface area contributed by atoms with Gasteiger partial charge in [-0.15, -0.1) is 0 Å². The molecule has 1 aromatic rings. The third-order valence-electron chi connectivity index (χ3n) is 5.80. The Kier molecular flexibility index (Phi) is 3.74. The molecule has 3 saturated carbocycles. The van der Waals surface area contributed by atoms with Gasteiger partial charge in [-0.05, 0) is 56.6 Å². The number of aliphatic hydroxyl groups is 1. The van der Waals surface area contributed by atoms with Crippen LogP contribution in [0, 0.1) is 24.0 Å². The van der Waals surface area contributed by atoms with E-state index in [0.717, 1.165) is 0 Å². The normalized spacial score (nSPS) is 35.5. The number of fused-ring (bicyclic) bond motifs is 3. The van der Waals surface area contributed by atoms with Crippen molar-refractivity contribution in [1.82, 2.24) is 0 Å². The molecule has 2 bridgehead atoms. The molecule has 1 atom stereocenters. The molecule has 0 aromatic heterocycles. The third kappa shape index (κ3) is 2.29. The Morgan fingerprint density at radius 1 is 1.09 bits per heavy atom. The standard InChI is InChI=1S/C17H19F5O/c1-10-2-3-11(13(19)12(10)18)4-5-15-6-8-16(23,9-7-15)17(21,22)14(15)20/h2-3,14,23H,4-9H2,1H3. The molecule has 4 rings (SSSR count). The highest BCUT2D eigenvalue weighted by Crippen LogP contribution is 2.61. The number of aryl methyl sites for hydroxylation is 2. The van der Waals surface area contributed by atoms with Crippen LogP contribution in [0.4, 0.5) is 22.0 Å². The van der Waals surface area contributed by atoms with Gasteiger partial charge in [-0.25, -0.2) is 22.0 Å². The number of rotatable bonds is 3. The molecule has 1 aromatic carbocycles. The summed E-state index contributed by atoms with van der Waals surface area (Å²) in [6.45, 7) is 1.43. The van der Waals surface area contributed by atoms with E-state index < -0.39 is 34.7 Å². The van der Waals surface area contributed by atoms with Crippen molar-refractivity contribution < 1.29 is 27.1 Å². The van der Waals surface area contributed by atoms with E-state index >= 15 is 0 Å². The van der Waals surface area contributed by atoms with Crippen LogP contribution in [-0.2, 0) is 6.42 Å². The van der Waals surface area contributed by atoms with Gasteiger partial charge in [-0.3, -0.25) is 0 Å². The van der Waals surface area contributed by atoms with Gasteiger partial charge in [0.05, 0.1) is 0 Å². The number of benzene rings is 1. The average molecular weight is 334 g/mol. The van der Waals surface area contributed by atoms with Gasteiger partial charge in [0, 0.05) is 5.41 Å². The minimum absolute atomic E-state index is 0.00202. The summed E-state index contributed by atoms with van der Waals surface area (Å²) in [5, 5.41) is 9.93. The molecular formula is C17H19F5O. The molecule has 0 saturated heterocycles. The molecule has 23 heavy (non-hydrogen) atoms. The number of hydrogen-bond donors (Lipinski definition) is 1. The third-order valence-corrected chi connectivity index (χ3v) is 5.80. The zero-order valence-corrected chi connectivity index (χ0v) is 12.8. The Balaban J connectivity index is 1.82. The fourth-order valence-corrected chi connectivity index (χ4v) is 4.01. The maximum absolute atomic E-state index is 14.4. The quantitative estimate of drug-likeness (QED) is 0.808. The van der Waals surface area contributed by atoms with Gasteiger partial charge < -0.3 is 5.11 Å². The van der Waals surface area contributed by atoms with Gasteiger partial charge >= 0.3 is 5.92 Å². The molecule has 3 fully saturated rings. The number of halogens is 5. The van der Waals surface area contributed by atoms with Crippen LogP contribution in [0.25, 0.3) is 0 Å². The van der Waals surface area contributed by atoms with Crippen molar-refractivity contribution in [2.75, 3.05) is 0 Å². The van der Waals surface area contributed by atoms with Crippen LogP contribution in [0.15, 0.2) is 12.1 Å². The topological polar surface area (TPSA) is 20.2 Å². The van der Waals surface area contributed by atoms with E-state index in [2.05, 4.69) is 0 Å². The van der Waals surface area contributed by atoms with Crippen molar-refractivity contribution in [2.24, 2.45) is 5.41 Å². The van der Waals surface area contributed by atoms with E-state index in [1.54, 1.807) is 0 Å². The Labute approximate surface area is 131 Å².